The van der Waals surface area contributed by atoms with Crippen LogP contribution in [0.25, 0.3) is 22.0 Å². The van der Waals surface area contributed by atoms with Crippen LogP contribution in [0.2, 0.25) is 0 Å². The number of nitrogens with zero attached hydrogens (tertiary/aromatic N) is 1. The Labute approximate surface area is 145 Å². The fraction of sp³-hybridized carbons (Fsp3) is 0.211. The second-order valence-corrected chi connectivity index (χ2v) is 6.93. The maximum Gasteiger partial charge on any atom is 0.236 e. The Bertz CT molecular complexity index is 1020. The standard InChI is InChI=1S/C19H14F5NO/c1-19(2,3)18(26)25-8-10(9-6-4-5-7-11(9)25)12-13(20)15(22)17(24)16(23)14(12)21/h4-8H,1-3H3. The maximum atomic E-state index is 14.2. The van der Waals surface area contributed by atoms with Crippen molar-refractivity contribution in [2.75, 3.05) is 0 Å². The van der Waals surface area contributed by atoms with Crippen molar-refractivity contribution in [3.63, 3.8) is 0 Å². The van der Waals surface area contributed by atoms with Crippen molar-refractivity contribution in [2.24, 2.45) is 5.41 Å². The van der Waals surface area contributed by atoms with Crippen LogP contribution >= 0.6 is 0 Å². The van der Waals surface area contributed by atoms with Crippen molar-refractivity contribution in [1.82, 2.24) is 4.57 Å². The third kappa shape index (κ3) is 2.58. The van der Waals surface area contributed by atoms with Crippen LogP contribution in [0, 0.1) is 34.5 Å². The molecule has 136 valence electrons. The van der Waals surface area contributed by atoms with E-state index in [0.29, 0.717) is 5.52 Å². The fourth-order valence-electron chi connectivity index (χ4n) is 2.75. The molecule has 0 fully saturated rings. The molecule has 0 bridgehead atoms. The molecular weight excluding hydrogens is 353 g/mol. The first-order valence-corrected chi connectivity index (χ1v) is 7.72. The van der Waals surface area contributed by atoms with Crippen LogP contribution in [-0.2, 0) is 0 Å². The molecule has 0 N–H and O–H groups in total. The SMILES string of the molecule is CC(C)(C)C(=O)n1cc(-c2c(F)c(F)c(F)c(F)c2F)c2ccccc21. The second-order valence-electron chi connectivity index (χ2n) is 6.93. The maximum absolute atomic E-state index is 14.2. The summed E-state index contributed by atoms with van der Waals surface area (Å²) >= 11 is 0. The highest BCUT2D eigenvalue weighted by Crippen LogP contribution is 2.37. The number of aromatic nitrogens is 1. The Kier molecular flexibility index (Phi) is 4.13. The molecule has 0 aliphatic carbocycles. The van der Waals surface area contributed by atoms with E-state index in [1.54, 1.807) is 32.9 Å². The average molecular weight is 367 g/mol. The van der Waals surface area contributed by atoms with Crippen molar-refractivity contribution in [1.29, 1.82) is 0 Å². The first kappa shape index (κ1) is 18.1. The highest BCUT2D eigenvalue weighted by Gasteiger charge is 2.30. The number of hydrogen-bond acceptors (Lipinski definition) is 1. The number of benzene rings is 2. The van der Waals surface area contributed by atoms with Crippen molar-refractivity contribution < 1.29 is 26.7 Å². The van der Waals surface area contributed by atoms with E-state index in [4.69, 9.17) is 0 Å². The summed E-state index contributed by atoms with van der Waals surface area (Å²) < 4.78 is 70.2. The molecule has 3 rings (SSSR count). The van der Waals surface area contributed by atoms with Gasteiger partial charge in [-0.2, -0.15) is 0 Å². The summed E-state index contributed by atoms with van der Waals surface area (Å²) in [6.07, 6.45) is 1.11. The molecule has 0 unspecified atom stereocenters. The van der Waals surface area contributed by atoms with Gasteiger partial charge in [0.1, 0.15) is 0 Å². The van der Waals surface area contributed by atoms with Gasteiger partial charge in [0, 0.05) is 22.6 Å². The summed E-state index contributed by atoms with van der Waals surface area (Å²) in [4.78, 5) is 12.7. The summed E-state index contributed by atoms with van der Waals surface area (Å²) in [7, 11) is 0. The topological polar surface area (TPSA) is 22.0 Å². The molecule has 2 aromatic carbocycles. The quantitative estimate of drug-likeness (QED) is 0.308. The predicted molar refractivity (Wildman–Crippen MR) is 87.2 cm³/mol. The minimum atomic E-state index is -2.22. The zero-order chi connectivity index (χ0) is 19.4. The van der Waals surface area contributed by atoms with Crippen LogP contribution in [0.3, 0.4) is 0 Å². The normalized spacial score (nSPS) is 12.0. The lowest BCUT2D eigenvalue weighted by atomic mass is 9.95. The minimum Gasteiger partial charge on any atom is -0.286 e. The van der Waals surface area contributed by atoms with E-state index in [9.17, 15) is 26.7 Å². The molecule has 0 atom stereocenters. The molecule has 0 radical (unpaired) electrons. The molecule has 0 aliphatic rings. The van der Waals surface area contributed by atoms with Gasteiger partial charge in [-0.05, 0) is 6.07 Å². The van der Waals surface area contributed by atoms with Crippen LogP contribution in [0.4, 0.5) is 22.0 Å². The van der Waals surface area contributed by atoms with Gasteiger partial charge in [-0.15, -0.1) is 0 Å². The molecule has 0 saturated carbocycles. The monoisotopic (exact) mass is 367 g/mol. The molecule has 26 heavy (non-hydrogen) atoms. The van der Waals surface area contributed by atoms with E-state index < -0.39 is 40.1 Å². The molecule has 2 nitrogen and oxygen atoms in total. The fourth-order valence-corrected chi connectivity index (χ4v) is 2.75. The van der Waals surface area contributed by atoms with Crippen LogP contribution < -0.4 is 0 Å². The van der Waals surface area contributed by atoms with E-state index in [2.05, 4.69) is 0 Å². The third-order valence-electron chi connectivity index (χ3n) is 4.05. The highest BCUT2D eigenvalue weighted by atomic mass is 19.2. The number of halogens is 5. The lowest BCUT2D eigenvalue weighted by Gasteiger charge is -2.17. The smallest absolute Gasteiger partial charge is 0.236 e. The van der Waals surface area contributed by atoms with Crippen molar-refractivity contribution >= 4 is 16.8 Å². The first-order chi connectivity index (χ1) is 12.1. The molecule has 0 aliphatic heterocycles. The summed E-state index contributed by atoms with van der Waals surface area (Å²) in [6, 6.07) is 6.14. The molecule has 3 aromatic rings. The van der Waals surface area contributed by atoms with Crippen molar-refractivity contribution in [3.05, 3.63) is 59.5 Å². The molecule has 1 heterocycles. The van der Waals surface area contributed by atoms with Gasteiger partial charge in [0.15, 0.2) is 23.3 Å². The van der Waals surface area contributed by atoms with Gasteiger partial charge in [0.2, 0.25) is 11.7 Å². The van der Waals surface area contributed by atoms with Gasteiger partial charge in [-0.3, -0.25) is 9.36 Å². The van der Waals surface area contributed by atoms with Gasteiger partial charge in [-0.25, -0.2) is 22.0 Å². The Morgan fingerprint density at radius 2 is 1.35 bits per heavy atom. The third-order valence-corrected chi connectivity index (χ3v) is 4.05. The van der Waals surface area contributed by atoms with E-state index in [-0.39, 0.29) is 16.9 Å². The lowest BCUT2D eigenvalue weighted by Crippen LogP contribution is -2.26. The van der Waals surface area contributed by atoms with E-state index in [0.717, 1.165) is 6.20 Å². The Morgan fingerprint density at radius 1 is 0.846 bits per heavy atom. The van der Waals surface area contributed by atoms with Gasteiger partial charge in [0.05, 0.1) is 11.1 Å². The number of rotatable bonds is 1. The highest BCUT2D eigenvalue weighted by molar-refractivity contribution is 6.03. The summed E-state index contributed by atoms with van der Waals surface area (Å²) in [6.45, 7) is 4.96. The zero-order valence-electron chi connectivity index (χ0n) is 14.1. The summed E-state index contributed by atoms with van der Waals surface area (Å²) in [5.41, 5.74) is -1.81. The Hall–Kier alpha value is -2.70. The van der Waals surface area contributed by atoms with Crippen LogP contribution in [0.15, 0.2) is 30.5 Å². The average Bonchev–Trinajstić information content (AvgIpc) is 2.96. The molecule has 0 amide bonds. The lowest BCUT2D eigenvalue weighted by molar-refractivity contribution is 0.0773. The largest absolute Gasteiger partial charge is 0.286 e. The zero-order valence-corrected chi connectivity index (χ0v) is 14.1. The summed E-state index contributed by atoms with van der Waals surface area (Å²) in [5.74, 6) is -10.5. The van der Waals surface area contributed by atoms with Crippen LogP contribution in [0.5, 0.6) is 0 Å². The van der Waals surface area contributed by atoms with E-state index in [1.165, 1.54) is 16.7 Å². The second kappa shape index (κ2) is 5.93. The molecule has 0 saturated heterocycles. The van der Waals surface area contributed by atoms with Crippen LogP contribution in [-0.4, -0.2) is 10.5 Å². The van der Waals surface area contributed by atoms with E-state index >= 15 is 0 Å². The molecule has 1 aromatic heterocycles. The minimum absolute atomic E-state index is 0.202. The van der Waals surface area contributed by atoms with Crippen LogP contribution in [0.1, 0.15) is 25.6 Å². The predicted octanol–water partition coefficient (Wildman–Crippen LogP) is 5.69. The Morgan fingerprint density at radius 3 is 1.88 bits per heavy atom. The number of hydrogen-bond donors (Lipinski definition) is 0. The van der Waals surface area contributed by atoms with Gasteiger partial charge >= 0.3 is 0 Å². The van der Waals surface area contributed by atoms with Gasteiger partial charge < -0.3 is 0 Å². The summed E-state index contributed by atoms with van der Waals surface area (Å²) in [5, 5.41) is 0.202. The molecule has 0 spiro atoms. The molecule has 7 heteroatoms. The van der Waals surface area contributed by atoms with Gasteiger partial charge in [0.25, 0.3) is 0 Å². The Balaban J connectivity index is 2.41. The number of carbonyl (C=O) groups is 1. The molecular formula is C19H14F5NO. The number of fused-ring (bicyclic) bond motifs is 1. The van der Waals surface area contributed by atoms with Crippen molar-refractivity contribution in [2.45, 2.75) is 20.8 Å². The van der Waals surface area contributed by atoms with Gasteiger partial charge in [-0.1, -0.05) is 39.0 Å². The number of para-hydroxylation sites is 1. The van der Waals surface area contributed by atoms with E-state index in [1.807, 2.05) is 0 Å². The van der Waals surface area contributed by atoms with Crippen molar-refractivity contribution in [3.8, 4) is 11.1 Å². The number of carbonyl (C=O) groups excluding carboxylic acids is 1. The first-order valence-electron chi connectivity index (χ1n) is 7.72.